The molecule has 0 aliphatic rings. The molecule has 1 heterocycles. The molecule has 1 aromatic heterocycles. The van der Waals surface area contributed by atoms with E-state index in [0.717, 1.165) is 7.05 Å². The van der Waals surface area contributed by atoms with Crippen molar-refractivity contribution in [3.05, 3.63) is 60.3 Å². The lowest BCUT2D eigenvalue weighted by Crippen LogP contribution is -2.41. The van der Waals surface area contributed by atoms with Crippen LogP contribution in [0.5, 0.6) is 5.75 Å². The number of halogens is 5. The Morgan fingerprint density at radius 2 is 1.67 bits per heavy atom. The largest absolute Gasteiger partial charge is 0.494 e. The summed E-state index contributed by atoms with van der Waals surface area (Å²) in [6.07, 6.45) is -4.81. The molecule has 0 amide bonds. The quantitative estimate of drug-likeness (QED) is 0.819. The van der Waals surface area contributed by atoms with Gasteiger partial charge in [-0.3, -0.25) is 13.9 Å². The lowest BCUT2D eigenvalue weighted by molar-refractivity contribution is -0.144. The van der Waals surface area contributed by atoms with Crippen LogP contribution in [0.15, 0.2) is 27.8 Å². The van der Waals surface area contributed by atoms with Gasteiger partial charge in [0.25, 0.3) is 5.56 Å². The molecular formula is C14H11Cl2F3N2O3. The molecule has 0 bridgehead atoms. The number of benzene rings is 1. The minimum Gasteiger partial charge on any atom is -0.494 e. The van der Waals surface area contributed by atoms with Crippen LogP contribution in [0.1, 0.15) is 11.3 Å². The number of aromatic nitrogens is 2. The summed E-state index contributed by atoms with van der Waals surface area (Å²) in [5.41, 5.74) is -3.13. The number of hydrogen-bond donors (Lipinski definition) is 0. The molecule has 0 atom stereocenters. The van der Waals surface area contributed by atoms with Crippen LogP contribution in [0.25, 0.3) is 0 Å². The predicted octanol–water partition coefficient (Wildman–Crippen LogP) is 2.93. The van der Waals surface area contributed by atoms with E-state index in [0.29, 0.717) is 20.8 Å². The van der Waals surface area contributed by atoms with Gasteiger partial charge in [-0.1, -0.05) is 23.2 Å². The van der Waals surface area contributed by atoms with Gasteiger partial charge in [-0.15, -0.1) is 0 Å². The minimum atomic E-state index is -4.81. The van der Waals surface area contributed by atoms with E-state index < -0.39 is 23.1 Å². The van der Waals surface area contributed by atoms with Crippen LogP contribution in [0.2, 0.25) is 10.0 Å². The molecule has 2 aromatic rings. The van der Waals surface area contributed by atoms with Crippen molar-refractivity contribution in [1.82, 2.24) is 9.13 Å². The fourth-order valence-corrected chi connectivity index (χ4v) is 2.86. The van der Waals surface area contributed by atoms with Crippen molar-refractivity contribution in [2.45, 2.75) is 12.7 Å². The molecule has 130 valence electrons. The Morgan fingerprint density at radius 3 is 2.12 bits per heavy atom. The summed E-state index contributed by atoms with van der Waals surface area (Å²) in [4.78, 5) is 24.0. The fourth-order valence-electron chi connectivity index (χ4n) is 2.17. The molecule has 2 rings (SSSR count). The van der Waals surface area contributed by atoms with Crippen LogP contribution in [-0.4, -0.2) is 16.2 Å². The Bertz CT molecular complexity index is 881. The average Bonchev–Trinajstić information content (AvgIpc) is 2.46. The highest BCUT2D eigenvalue weighted by Crippen LogP contribution is 2.34. The van der Waals surface area contributed by atoms with E-state index in [4.69, 9.17) is 27.9 Å². The summed E-state index contributed by atoms with van der Waals surface area (Å²) < 4.78 is 44.4. The maximum absolute atomic E-state index is 12.8. The third-order valence-electron chi connectivity index (χ3n) is 3.30. The number of nitrogens with zero attached hydrogens (tertiary/aromatic N) is 2. The second-order valence-corrected chi connectivity index (χ2v) is 5.70. The molecule has 0 saturated heterocycles. The molecular weight excluding hydrogens is 372 g/mol. The second kappa shape index (κ2) is 6.52. The number of methoxy groups -OCH3 is 1. The first-order valence-electron chi connectivity index (χ1n) is 6.46. The Kier molecular flexibility index (Phi) is 5.00. The van der Waals surface area contributed by atoms with E-state index in [1.807, 2.05) is 0 Å². The van der Waals surface area contributed by atoms with Gasteiger partial charge in [-0.25, -0.2) is 4.79 Å². The highest BCUT2D eigenvalue weighted by Gasteiger charge is 2.34. The zero-order valence-corrected chi connectivity index (χ0v) is 14.0. The highest BCUT2D eigenvalue weighted by atomic mass is 35.5. The van der Waals surface area contributed by atoms with Crippen molar-refractivity contribution < 1.29 is 17.9 Å². The van der Waals surface area contributed by atoms with Crippen LogP contribution in [-0.2, 0) is 19.8 Å². The molecule has 0 spiro atoms. The van der Waals surface area contributed by atoms with Gasteiger partial charge in [0.15, 0.2) is 5.75 Å². The third kappa shape index (κ3) is 3.44. The van der Waals surface area contributed by atoms with Crippen molar-refractivity contribution in [1.29, 1.82) is 0 Å². The van der Waals surface area contributed by atoms with Gasteiger partial charge in [0, 0.05) is 13.1 Å². The summed E-state index contributed by atoms with van der Waals surface area (Å²) in [5, 5.41) is 0.300. The number of alkyl halides is 3. The first-order chi connectivity index (χ1) is 11.1. The lowest BCUT2D eigenvalue weighted by Gasteiger charge is -2.14. The van der Waals surface area contributed by atoms with Crippen LogP contribution < -0.4 is 16.0 Å². The van der Waals surface area contributed by atoms with Crippen LogP contribution in [0, 0.1) is 0 Å². The number of ether oxygens (including phenoxy) is 1. The van der Waals surface area contributed by atoms with E-state index in [1.54, 1.807) is 0 Å². The summed E-state index contributed by atoms with van der Waals surface area (Å²) in [6, 6.07) is 3.19. The molecule has 5 nitrogen and oxygen atoms in total. The van der Waals surface area contributed by atoms with Crippen LogP contribution >= 0.6 is 23.2 Å². The van der Waals surface area contributed by atoms with E-state index in [-0.39, 0.29) is 22.3 Å². The van der Waals surface area contributed by atoms with Crippen LogP contribution in [0.3, 0.4) is 0 Å². The number of hydrogen-bond acceptors (Lipinski definition) is 3. The topological polar surface area (TPSA) is 53.2 Å². The highest BCUT2D eigenvalue weighted by molar-refractivity contribution is 6.37. The molecule has 0 N–H and O–H groups in total. The molecule has 10 heteroatoms. The predicted molar refractivity (Wildman–Crippen MR) is 83.1 cm³/mol. The number of rotatable bonds is 3. The van der Waals surface area contributed by atoms with Crippen molar-refractivity contribution in [3.8, 4) is 5.75 Å². The van der Waals surface area contributed by atoms with Crippen molar-refractivity contribution >= 4 is 23.2 Å². The molecule has 0 radical (unpaired) electrons. The first-order valence-corrected chi connectivity index (χ1v) is 7.21. The minimum absolute atomic E-state index is 0.150. The Labute approximate surface area is 143 Å². The smallest absolute Gasteiger partial charge is 0.431 e. The Morgan fingerprint density at radius 1 is 1.12 bits per heavy atom. The van der Waals surface area contributed by atoms with E-state index >= 15 is 0 Å². The van der Waals surface area contributed by atoms with Gasteiger partial charge < -0.3 is 4.74 Å². The third-order valence-corrected chi connectivity index (χ3v) is 3.86. The van der Waals surface area contributed by atoms with Crippen molar-refractivity contribution in [2.24, 2.45) is 7.05 Å². The van der Waals surface area contributed by atoms with Crippen LogP contribution in [0.4, 0.5) is 13.2 Å². The van der Waals surface area contributed by atoms with E-state index in [2.05, 4.69) is 0 Å². The van der Waals surface area contributed by atoms with Gasteiger partial charge >= 0.3 is 11.9 Å². The maximum atomic E-state index is 12.8. The Hall–Kier alpha value is -1.93. The molecule has 24 heavy (non-hydrogen) atoms. The monoisotopic (exact) mass is 382 g/mol. The second-order valence-electron chi connectivity index (χ2n) is 4.89. The molecule has 0 aliphatic heterocycles. The summed E-state index contributed by atoms with van der Waals surface area (Å²) in [5.74, 6) is 0.217. The molecule has 1 aromatic carbocycles. The summed E-state index contributed by atoms with van der Waals surface area (Å²) in [7, 11) is 2.30. The maximum Gasteiger partial charge on any atom is 0.431 e. The SMILES string of the molecule is COc1c(Cl)cc(Cn2c(=O)cc(C(F)(F)F)n(C)c2=O)cc1Cl. The van der Waals surface area contributed by atoms with E-state index in [9.17, 15) is 22.8 Å². The van der Waals surface area contributed by atoms with Gasteiger partial charge in [0.2, 0.25) is 0 Å². The van der Waals surface area contributed by atoms with E-state index in [1.165, 1.54) is 19.2 Å². The average molecular weight is 383 g/mol. The van der Waals surface area contributed by atoms with Crippen molar-refractivity contribution in [2.75, 3.05) is 7.11 Å². The molecule has 0 saturated carbocycles. The summed E-state index contributed by atoms with van der Waals surface area (Å²) >= 11 is 11.9. The first kappa shape index (κ1) is 18.4. The molecule has 0 unspecified atom stereocenters. The van der Waals surface area contributed by atoms with Gasteiger partial charge in [0.05, 0.1) is 23.7 Å². The Balaban J connectivity index is 2.55. The molecule has 0 aliphatic carbocycles. The van der Waals surface area contributed by atoms with Gasteiger partial charge in [-0.2, -0.15) is 13.2 Å². The standard InChI is InChI=1S/C14H11Cl2F3N2O3/c1-20-10(14(17,18)19)5-11(22)21(13(20)23)6-7-3-8(15)12(24-2)9(16)4-7/h3-5H,6H2,1-2H3. The zero-order valence-electron chi connectivity index (χ0n) is 12.4. The zero-order chi connectivity index (χ0) is 18.2. The van der Waals surface area contributed by atoms with Gasteiger partial charge in [-0.05, 0) is 17.7 Å². The summed E-state index contributed by atoms with van der Waals surface area (Å²) in [6.45, 7) is -0.285. The molecule has 0 fully saturated rings. The normalized spacial score (nSPS) is 11.6. The van der Waals surface area contributed by atoms with Gasteiger partial charge in [0.1, 0.15) is 5.69 Å². The lowest BCUT2D eigenvalue weighted by atomic mass is 10.2. The fraction of sp³-hybridized carbons (Fsp3) is 0.286. The van der Waals surface area contributed by atoms with Crippen molar-refractivity contribution in [3.63, 3.8) is 0 Å².